The number of nitrogens with one attached hydrogen (secondary N) is 1. The molecule has 0 aliphatic rings. The largest absolute Gasteiger partial charge is 0.493 e. The van der Waals surface area contributed by atoms with Gasteiger partial charge < -0.3 is 14.5 Å². The average Bonchev–Trinajstić information content (AvgIpc) is 2.68. The molecule has 0 amide bonds. The van der Waals surface area contributed by atoms with Crippen molar-refractivity contribution in [2.24, 2.45) is 0 Å². The SMILES string of the molecule is COc1cc2nc(CC#N)[nH]c2cc1OC. The number of methoxy groups -OCH3 is 2. The van der Waals surface area contributed by atoms with E-state index in [1.165, 1.54) is 0 Å². The molecule has 0 bridgehead atoms. The second kappa shape index (κ2) is 4.11. The first-order valence-corrected chi connectivity index (χ1v) is 4.76. The van der Waals surface area contributed by atoms with Crippen LogP contribution in [0.3, 0.4) is 0 Å². The summed E-state index contributed by atoms with van der Waals surface area (Å²) in [5.41, 5.74) is 1.60. The molecule has 16 heavy (non-hydrogen) atoms. The third-order valence-electron chi connectivity index (χ3n) is 2.28. The summed E-state index contributed by atoms with van der Waals surface area (Å²) >= 11 is 0. The first kappa shape index (κ1) is 10.3. The molecule has 5 heteroatoms. The zero-order chi connectivity index (χ0) is 11.5. The van der Waals surface area contributed by atoms with E-state index in [9.17, 15) is 0 Å². The molecule has 2 aromatic rings. The Bertz CT molecular complexity index is 513. The summed E-state index contributed by atoms with van der Waals surface area (Å²) in [7, 11) is 3.16. The van der Waals surface area contributed by atoms with E-state index >= 15 is 0 Å². The number of hydrogen-bond donors (Lipinski definition) is 1. The van der Waals surface area contributed by atoms with Gasteiger partial charge in [0.25, 0.3) is 0 Å². The molecule has 1 aromatic carbocycles. The predicted molar refractivity (Wildman–Crippen MR) is 58.5 cm³/mol. The minimum absolute atomic E-state index is 0.263. The molecule has 1 heterocycles. The Morgan fingerprint density at radius 2 is 2.00 bits per heavy atom. The number of nitriles is 1. The van der Waals surface area contributed by atoms with Crippen molar-refractivity contribution >= 4 is 11.0 Å². The molecule has 0 unspecified atom stereocenters. The van der Waals surface area contributed by atoms with Crippen molar-refractivity contribution in [2.75, 3.05) is 14.2 Å². The van der Waals surface area contributed by atoms with Gasteiger partial charge in [0.1, 0.15) is 5.82 Å². The maximum Gasteiger partial charge on any atom is 0.163 e. The van der Waals surface area contributed by atoms with Gasteiger partial charge in [0.05, 0.1) is 37.7 Å². The summed E-state index contributed by atoms with van der Waals surface area (Å²) in [6.45, 7) is 0. The number of fused-ring (bicyclic) bond motifs is 1. The first-order valence-electron chi connectivity index (χ1n) is 4.76. The molecule has 1 N–H and O–H groups in total. The van der Waals surface area contributed by atoms with Gasteiger partial charge in [-0.2, -0.15) is 5.26 Å². The minimum Gasteiger partial charge on any atom is -0.493 e. The molecule has 2 rings (SSSR count). The number of H-pyrrole nitrogens is 1. The fourth-order valence-electron chi connectivity index (χ4n) is 1.55. The van der Waals surface area contributed by atoms with Crippen molar-refractivity contribution in [2.45, 2.75) is 6.42 Å². The van der Waals surface area contributed by atoms with Crippen molar-refractivity contribution in [1.82, 2.24) is 9.97 Å². The van der Waals surface area contributed by atoms with Gasteiger partial charge in [0.15, 0.2) is 11.5 Å². The van der Waals surface area contributed by atoms with Gasteiger partial charge in [-0.1, -0.05) is 0 Å². The van der Waals surface area contributed by atoms with Gasteiger partial charge in [0.2, 0.25) is 0 Å². The van der Waals surface area contributed by atoms with Gasteiger partial charge in [0, 0.05) is 12.1 Å². The van der Waals surface area contributed by atoms with E-state index in [0.29, 0.717) is 17.3 Å². The molecule has 1 aromatic heterocycles. The summed E-state index contributed by atoms with van der Waals surface area (Å²) < 4.78 is 10.3. The van der Waals surface area contributed by atoms with Gasteiger partial charge in [-0.3, -0.25) is 0 Å². The van der Waals surface area contributed by atoms with Crippen LogP contribution >= 0.6 is 0 Å². The molecular formula is C11H11N3O2. The van der Waals surface area contributed by atoms with Gasteiger partial charge >= 0.3 is 0 Å². The smallest absolute Gasteiger partial charge is 0.163 e. The summed E-state index contributed by atoms with van der Waals surface area (Å²) in [6, 6.07) is 5.64. The number of benzene rings is 1. The lowest BCUT2D eigenvalue weighted by molar-refractivity contribution is 0.356. The Morgan fingerprint density at radius 1 is 1.31 bits per heavy atom. The van der Waals surface area contributed by atoms with E-state index in [0.717, 1.165) is 11.0 Å². The van der Waals surface area contributed by atoms with Crippen molar-refractivity contribution in [3.63, 3.8) is 0 Å². The zero-order valence-corrected chi connectivity index (χ0v) is 9.07. The lowest BCUT2D eigenvalue weighted by Crippen LogP contribution is -1.89. The number of nitrogens with zero attached hydrogens (tertiary/aromatic N) is 2. The minimum atomic E-state index is 0.263. The van der Waals surface area contributed by atoms with Crippen LogP contribution < -0.4 is 9.47 Å². The molecule has 0 saturated heterocycles. The number of rotatable bonds is 3. The fraction of sp³-hybridized carbons (Fsp3) is 0.273. The maximum atomic E-state index is 8.59. The number of ether oxygens (including phenoxy) is 2. The van der Waals surface area contributed by atoms with E-state index in [1.54, 1.807) is 20.3 Å². The molecule has 5 nitrogen and oxygen atoms in total. The number of hydrogen-bond acceptors (Lipinski definition) is 4. The summed E-state index contributed by atoms with van der Waals surface area (Å²) in [6.07, 6.45) is 0.263. The Kier molecular flexibility index (Phi) is 2.64. The lowest BCUT2D eigenvalue weighted by Gasteiger charge is -2.06. The van der Waals surface area contributed by atoms with Crippen molar-refractivity contribution in [3.8, 4) is 17.6 Å². The molecule has 0 fully saturated rings. The Morgan fingerprint density at radius 3 is 2.62 bits per heavy atom. The predicted octanol–water partition coefficient (Wildman–Crippen LogP) is 1.65. The molecule has 0 saturated carbocycles. The van der Waals surface area contributed by atoms with Crippen molar-refractivity contribution < 1.29 is 9.47 Å². The molecule has 0 aliphatic heterocycles. The Hall–Kier alpha value is -2.22. The topological polar surface area (TPSA) is 70.9 Å². The van der Waals surface area contributed by atoms with E-state index in [-0.39, 0.29) is 6.42 Å². The average molecular weight is 217 g/mol. The van der Waals surface area contributed by atoms with Crippen LogP contribution in [-0.2, 0) is 6.42 Å². The number of imidazole rings is 1. The third kappa shape index (κ3) is 1.65. The van der Waals surface area contributed by atoms with Crippen LogP contribution in [0, 0.1) is 11.3 Å². The second-order valence-corrected chi connectivity index (χ2v) is 3.24. The summed E-state index contributed by atoms with van der Waals surface area (Å²) in [5.74, 6) is 1.92. The summed E-state index contributed by atoms with van der Waals surface area (Å²) in [4.78, 5) is 7.33. The molecule has 82 valence electrons. The number of aromatic amines is 1. The van der Waals surface area contributed by atoms with Crippen LogP contribution in [0.25, 0.3) is 11.0 Å². The highest BCUT2D eigenvalue weighted by Crippen LogP contribution is 2.30. The van der Waals surface area contributed by atoms with Crippen LogP contribution in [-0.4, -0.2) is 24.2 Å². The molecule has 0 spiro atoms. The standard InChI is InChI=1S/C11H11N3O2/c1-15-9-5-7-8(6-10(9)16-2)14-11(13-7)3-4-12/h5-6H,3H2,1-2H3,(H,13,14). The van der Waals surface area contributed by atoms with Crippen molar-refractivity contribution in [3.05, 3.63) is 18.0 Å². The normalized spacial score (nSPS) is 10.1. The Labute approximate surface area is 92.6 Å². The molecule has 0 atom stereocenters. The van der Waals surface area contributed by atoms with Crippen LogP contribution in [0.4, 0.5) is 0 Å². The summed E-state index contributed by atoms with van der Waals surface area (Å²) in [5, 5.41) is 8.59. The van der Waals surface area contributed by atoms with E-state index in [4.69, 9.17) is 14.7 Å². The van der Waals surface area contributed by atoms with E-state index < -0.39 is 0 Å². The van der Waals surface area contributed by atoms with Gasteiger partial charge in [-0.05, 0) is 0 Å². The van der Waals surface area contributed by atoms with Crippen LogP contribution in [0.1, 0.15) is 5.82 Å². The van der Waals surface area contributed by atoms with Crippen LogP contribution in [0.15, 0.2) is 12.1 Å². The van der Waals surface area contributed by atoms with Crippen LogP contribution in [0.5, 0.6) is 11.5 Å². The highest BCUT2D eigenvalue weighted by atomic mass is 16.5. The maximum absolute atomic E-state index is 8.59. The lowest BCUT2D eigenvalue weighted by atomic mass is 10.3. The van der Waals surface area contributed by atoms with Crippen molar-refractivity contribution in [1.29, 1.82) is 5.26 Å². The fourth-order valence-corrected chi connectivity index (χ4v) is 1.55. The molecule has 0 aliphatic carbocycles. The highest BCUT2D eigenvalue weighted by Gasteiger charge is 2.09. The monoisotopic (exact) mass is 217 g/mol. The number of aromatic nitrogens is 2. The molecule has 0 radical (unpaired) electrons. The highest BCUT2D eigenvalue weighted by molar-refractivity contribution is 5.79. The second-order valence-electron chi connectivity index (χ2n) is 3.24. The zero-order valence-electron chi connectivity index (χ0n) is 9.07. The van der Waals surface area contributed by atoms with E-state index in [2.05, 4.69) is 9.97 Å². The van der Waals surface area contributed by atoms with Crippen LogP contribution in [0.2, 0.25) is 0 Å². The molecular weight excluding hydrogens is 206 g/mol. The third-order valence-corrected chi connectivity index (χ3v) is 2.28. The van der Waals surface area contributed by atoms with Gasteiger partial charge in [-0.15, -0.1) is 0 Å². The quantitative estimate of drug-likeness (QED) is 0.848. The Balaban J connectivity index is 2.56. The first-order chi connectivity index (χ1) is 7.78. The van der Waals surface area contributed by atoms with Gasteiger partial charge in [-0.25, -0.2) is 4.98 Å². The van der Waals surface area contributed by atoms with E-state index in [1.807, 2.05) is 12.1 Å².